The number of rotatable bonds is 12. The zero-order valence-electron chi connectivity index (χ0n) is 20.6. The third-order valence-electron chi connectivity index (χ3n) is 6.06. The number of carbonyl (C=O) groups is 1. The quantitative estimate of drug-likeness (QED) is 0.156. The van der Waals surface area contributed by atoms with Crippen molar-refractivity contribution in [3.63, 3.8) is 0 Å². The molecule has 8 nitrogen and oxygen atoms in total. The van der Waals surface area contributed by atoms with Gasteiger partial charge >= 0.3 is 0 Å². The van der Waals surface area contributed by atoms with E-state index in [9.17, 15) is 13.2 Å². The normalized spacial score (nSPS) is 13.5. The molecule has 1 fully saturated rings. The number of anilines is 2. The average Bonchev–Trinajstić information content (AvgIpc) is 3.75. The molecule has 0 unspecified atom stereocenters. The van der Waals surface area contributed by atoms with Crippen LogP contribution in [0.25, 0.3) is 0 Å². The van der Waals surface area contributed by atoms with Crippen LogP contribution in [-0.2, 0) is 25.8 Å². The van der Waals surface area contributed by atoms with E-state index in [1.54, 1.807) is 43.3 Å². The van der Waals surface area contributed by atoms with Crippen LogP contribution >= 0.6 is 22.6 Å². The molecular formula is C26H27F2IN4O4S. The predicted molar refractivity (Wildman–Crippen MR) is 147 cm³/mol. The fraction of sp³-hybridized carbons (Fsp3) is 0.308. The summed E-state index contributed by atoms with van der Waals surface area (Å²) in [5.41, 5.74) is 3.37. The molecule has 1 aromatic heterocycles. The Morgan fingerprint density at radius 3 is 2.39 bits per heavy atom. The van der Waals surface area contributed by atoms with Gasteiger partial charge in [0, 0.05) is 35.6 Å². The number of aromatic nitrogens is 1. The van der Waals surface area contributed by atoms with Gasteiger partial charge in [-0.2, -0.15) is 4.31 Å². The van der Waals surface area contributed by atoms with Crippen LogP contribution in [-0.4, -0.2) is 36.8 Å². The standard InChI is InChI=1S/C26H27F2IN4O4S/c1-2-33(15-18-9-11-30-12-10-18)38(35,36)22-13-21(26(34)32-37-16-19-3-4-19)25(24(28)23(22)27)31-20-7-5-17(14-29)6-8-20/h5-13,19,31H,2-4,14-16H2,1H3,(H,32,34). The number of nitrogens with zero attached hydrogens (tertiary/aromatic N) is 2. The second kappa shape index (κ2) is 12.5. The van der Waals surface area contributed by atoms with Gasteiger partial charge in [0.15, 0.2) is 11.6 Å². The van der Waals surface area contributed by atoms with Crippen molar-refractivity contribution in [3.05, 3.63) is 83.2 Å². The fourth-order valence-corrected chi connectivity index (χ4v) is 5.70. The summed E-state index contributed by atoms with van der Waals surface area (Å²) in [5, 5.41) is 2.74. The van der Waals surface area contributed by atoms with E-state index in [4.69, 9.17) is 4.84 Å². The summed E-state index contributed by atoms with van der Waals surface area (Å²) in [7, 11) is -4.53. The fourth-order valence-electron chi connectivity index (χ4n) is 3.68. The third kappa shape index (κ3) is 6.65. The van der Waals surface area contributed by atoms with Crippen molar-refractivity contribution in [2.24, 2.45) is 5.92 Å². The van der Waals surface area contributed by atoms with Gasteiger partial charge in [0.25, 0.3) is 5.91 Å². The van der Waals surface area contributed by atoms with Crippen molar-refractivity contribution >= 4 is 49.9 Å². The van der Waals surface area contributed by atoms with Gasteiger partial charge in [-0.1, -0.05) is 41.6 Å². The van der Waals surface area contributed by atoms with Gasteiger partial charge in [-0.15, -0.1) is 0 Å². The number of carbonyl (C=O) groups excluding carboxylic acids is 1. The average molecular weight is 656 g/mol. The van der Waals surface area contributed by atoms with Crippen molar-refractivity contribution in [1.29, 1.82) is 0 Å². The molecule has 2 N–H and O–H groups in total. The largest absolute Gasteiger partial charge is 0.352 e. The maximum atomic E-state index is 15.5. The minimum atomic E-state index is -4.53. The molecule has 0 aliphatic heterocycles. The van der Waals surface area contributed by atoms with E-state index >= 15 is 8.78 Å². The van der Waals surface area contributed by atoms with E-state index in [2.05, 4.69) is 38.4 Å². The minimum absolute atomic E-state index is 0.0130. The zero-order valence-corrected chi connectivity index (χ0v) is 23.6. The van der Waals surface area contributed by atoms with Crippen LogP contribution < -0.4 is 10.8 Å². The smallest absolute Gasteiger partial charge is 0.277 e. The third-order valence-corrected chi connectivity index (χ3v) is 8.86. The number of halogens is 3. The Labute approximate surface area is 233 Å². The van der Waals surface area contributed by atoms with Crippen molar-refractivity contribution in [2.45, 2.75) is 35.6 Å². The second-order valence-corrected chi connectivity index (χ2v) is 11.5. The number of sulfonamides is 1. The van der Waals surface area contributed by atoms with E-state index in [-0.39, 0.29) is 19.7 Å². The highest BCUT2D eigenvalue weighted by atomic mass is 127. The summed E-state index contributed by atoms with van der Waals surface area (Å²) in [6.07, 6.45) is 4.97. The number of pyridine rings is 1. The van der Waals surface area contributed by atoms with Crippen molar-refractivity contribution in [2.75, 3.05) is 18.5 Å². The molecule has 1 heterocycles. The Kier molecular flexibility index (Phi) is 9.28. The summed E-state index contributed by atoms with van der Waals surface area (Å²) < 4.78 is 59.7. The topological polar surface area (TPSA) is 101 Å². The molecule has 0 atom stereocenters. The number of amides is 1. The SMILES string of the molecule is CCN(Cc1ccncc1)S(=O)(=O)c1cc(C(=O)NOCC2CC2)c(Nc2ccc(CI)cc2)c(F)c1F. The monoisotopic (exact) mass is 656 g/mol. The van der Waals surface area contributed by atoms with Crippen molar-refractivity contribution in [3.8, 4) is 0 Å². The molecule has 38 heavy (non-hydrogen) atoms. The summed E-state index contributed by atoms with van der Waals surface area (Å²) in [6.45, 7) is 1.76. The van der Waals surface area contributed by atoms with E-state index in [1.165, 1.54) is 12.4 Å². The highest BCUT2D eigenvalue weighted by Crippen LogP contribution is 2.33. The minimum Gasteiger partial charge on any atom is -0.352 e. The maximum Gasteiger partial charge on any atom is 0.277 e. The van der Waals surface area contributed by atoms with Gasteiger partial charge in [-0.25, -0.2) is 22.7 Å². The lowest BCUT2D eigenvalue weighted by atomic mass is 10.1. The van der Waals surface area contributed by atoms with E-state index < -0.39 is 43.7 Å². The highest BCUT2D eigenvalue weighted by molar-refractivity contribution is 14.1. The summed E-state index contributed by atoms with van der Waals surface area (Å²) in [5.74, 6) is -3.64. The first-order valence-corrected chi connectivity index (χ1v) is 15.0. The van der Waals surface area contributed by atoms with E-state index in [0.717, 1.165) is 33.2 Å². The molecule has 1 aliphatic carbocycles. The molecule has 4 rings (SSSR count). The molecule has 1 amide bonds. The van der Waals surface area contributed by atoms with Crippen LogP contribution in [0.4, 0.5) is 20.2 Å². The molecule has 0 bridgehead atoms. The molecule has 0 spiro atoms. The maximum absolute atomic E-state index is 15.5. The van der Waals surface area contributed by atoms with Crippen molar-refractivity contribution < 1.29 is 26.8 Å². The summed E-state index contributed by atoms with van der Waals surface area (Å²) in [6, 6.07) is 11.0. The van der Waals surface area contributed by atoms with Gasteiger partial charge in [0.05, 0.1) is 17.9 Å². The lowest BCUT2D eigenvalue weighted by Gasteiger charge is -2.22. The van der Waals surface area contributed by atoms with Gasteiger partial charge in [-0.3, -0.25) is 14.6 Å². The summed E-state index contributed by atoms with van der Waals surface area (Å²) >= 11 is 2.20. The van der Waals surface area contributed by atoms with Crippen LogP contribution in [0.15, 0.2) is 59.8 Å². The lowest BCUT2D eigenvalue weighted by Crippen LogP contribution is -2.32. The number of benzene rings is 2. The number of hydrogen-bond acceptors (Lipinski definition) is 6. The van der Waals surface area contributed by atoms with Gasteiger partial charge in [-0.05, 0) is 60.2 Å². The Balaban J connectivity index is 1.73. The predicted octanol–water partition coefficient (Wildman–Crippen LogP) is 5.32. The lowest BCUT2D eigenvalue weighted by molar-refractivity contribution is 0.0270. The van der Waals surface area contributed by atoms with E-state index in [1.807, 2.05) is 0 Å². The Bertz CT molecular complexity index is 1390. The number of hydroxylamine groups is 1. The first-order chi connectivity index (χ1) is 18.2. The Morgan fingerprint density at radius 2 is 1.79 bits per heavy atom. The summed E-state index contributed by atoms with van der Waals surface area (Å²) in [4.78, 5) is 21.3. The molecule has 0 radical (unpaired) electrons. The highest BCUT2D eigenvalue weighted by Gasteiger charge is 2.33. The van der Waals surface area contributed by atoms with Gasteiger partial charge in [0.1, 0.15) is 4.90 Å². The Morgan fingerprint density at radius 1 is 1.11 bits per heavy atom. The molecule has 2 aromatic carbocycles. The van der Waals surface area contributed by atoms with Crippen LogP contribution in [0.2, 0.25) is 0 Å². The molecular weight excluding hydrogens is 629 g/mol. The number of hydrogen-bond donors (Lipinski definition) is 2. The van der Waals surface area contributed by atoms with Crippen LogP contribution in [0.3, 0.4) is 0 Å². The molecule has 3 aromatic rings. The van der Waals surface area contributed by atoms with Gasteiger partial charge in [0.2, 0.25) is 10.0 Å². The van der Waals surface area contributed by atoms with Crippen LogP contribution in [0, 0.1) is 17.6 Å². The van der Waals surface area contributed by atoms with Gasteiger partial charge < -0.3 is 5.32 Å². The first kappa shape index (κ1) is 28.3. The number of alkyl halides is 1. The van der Waals surface area contributed by atoms with Crippen LogP contribution in [0.5, 0.6) is 0 Å². The number of nitrogens with one attached hydrogen (secondary N) is 2. The molecule has 1 aliphatic rings. The molecule has 12 heteroatoms. The molecule has 1 saturated carbocycles. The van der Waals surface area contributed by atoms with Crippen LogP contribution in [0.1, 0.15) is 41.3 Å². The van der Waals surface area contributed by atoms with Crippen molar-refractivity contribution in [1.82, 2.24) is 14.8 Å². The zero-order chi connectivity index (χ0) is 27.3. The molecule has 0 saturated heterocycles. The molecule has 202 valence electrons. The second-order valence-electron chi connectivity index (χ2n) is 8.85. The first-order valence-electron chi connectivity index (χ1n) is 12.0. The van der Waals surface area contributed by atoms with E-state index in [0.29, 0.717) is 17.2 Å². The Hall–Kier alpha value is -2.68.